The first kappa shape index (κ1) is 12.9. The van der Waals surface area contributed by atoms with Gasteiger partial charge in [-0.25, -0.2) is 4.79 Å². The number of unbranched alkanes of at least 4 members (excludes halogenated alkanes) is 3. The lowest BCUT2D eigenvalue weighted by atomic mass is 9.97. The van der Waals surface area contributed by atoms with E-state index in [1.165, 1.54) is 19.3 Å². The zero-order valence-electron chi connectivity index (χ0n) is 10.9. The largest absolute Gasteiger partial charge is 0.450 e. The van der Waals surface area contributed by atoms with E-state index < -0.39 is 0 Å². The molecule has 0 fully saturated rings. The van der Waals surface area contributed by atoms with Crippen LogP contribution in [0.3, 0.4) is 0 Å². The molecule has 1 unspecified atom stereocenters. The Morgan fingerprint density at radius 2 is 1.89 bits per heavy atom. The number of carbonyl (C=O) groups excluding carboxylic acids is 1. The molecule has 1 aliphatic heterocycles. The summed E-state index contributed by atoms with van der Waals surface area (Å²) in [5.74, 6) is -0.200. The van der Waals surface area contributed by atoms with Crippen LogP contribution in [0.5, 0.6) is 0 Å². The maximum absolute atomic E-state index is 11.4. The highest BCUT2D eigenvalue weighted by Crippen LogP contribution is 2.34. The molecule has 0 saturated carbocycles. The summed E-state index contributed by atoms with van der Waals surface area (Å²) in [6.07, 6.45) is 7.34. The van der Waals surface area contributed by atoms with Crippen molar-refractivity contribution >= 4 is 5.97 Å². The van der Waals surface area contributed by atoms with Crippen LogP contribution in [0.25, 0.3) is 0 Å². The molecule has 1 aliphatic rings. The molecule has 0 saturated heterocycles. The van der Waals surface area contributed by atoms with Gasteiger partial charge in [-0.05, 0) is 24.0 Å². The SMILES string of the molecule is CCCCCCC1=CC(=O)OC1c1ccccc1. The number of hydrogen-bond donors (Lipinski definition) is 0. The van der Waals surface area contributed by atoms with E-state index in [9.17, 15) is 4.79 Å². The summed E-state index contributed by atoms with van der Waals surface area (Å²) < 4.78 is 5.39. The Kier molecular flexibility index (Phi) is 4.57. The molecule has 1 aromatic rings. The van der Waals surface area contributed by atoms with Crippen molar-refractivity contribution in [2.75, 3.05) is 0 Å². The molecule has 0 N–H and O–H groups in total. The van der Waals surface area contributed by atoms with Gasteiger partial charge in [-0.3, -0.25) is 0 Å². The second-order valence-electron chi connectivity index (χ2n) is 4.76. The van der Waals surface area contributed by atoms with Gasteiger partial charge >= 0.3 is 5.97 Å². The van der Waals surface area contributed by atoms with Gasteiger partial charge < -0.3 is 4.74 Å². The average molecular weight is 244 g/mol. The predicted octanol–water partition coefficient (Wildman–Crippen LogP) is 4.18. The van der Waals surface area contributed by atoms with Gasteiger partial charge in [0.1, 0.15) is 6.10 Å². The van der Waals surface area contributed by atoms with Crippen LogP contribution < -0.4 is 0 Å². The minimum absolute atomic E-state index is 0.152. The minimum Gasteiger partial charge on any atom is -0.450 e. The van der Waals surface area contributed by atoms with E-state index in [4.69, 9.17) is 4.74 Å². The lowest BCUT2D eigenvalue weighted by Gasteiger charge is -2.14. The molecule has 2 rings (SSSR count). The highest BCUT2D eigenvalue weighted by Gasteiger charge is 2.26. The fourth-order valence-electron chi connectivity index (χ4n) is 2.32. The van der Waals surface area contributed by atoms with Crippen molar-refractivity contribution in [3.05, 3.63) is 47.5 Å². The van der Waals surface area contributed by atoms with E-state index in [1.807, 2.05) is 30.3 Å². The Balaban J connectivity index is 1.98. The van der Waals surface area contributed by atoms with Gasteiger partial charge in [0, 0.05) is 6.08 Å². The van der Waals surface area contributed by atoms with E-state index in [-0.39, 0.29) is 12.1 Å². The molecule has 0 spiro atoms. The van der Waals surface area contributed by atoms with Gasteiger partial charge in [0.15, 0.2) is 0 Å². The second kappa shape index (κ2) is 6.39. The Hall–Kier alpha value is -1.57. The number of benzene rings is 1. The summed E-state index contributed by atoms with van der Waals surface area (Å²) in [6.45, 7) is 2.20. The molecular weight excluding hydrogens is 224 g/mol. The first-order valence-corrected chi connectivity index (χ1v) is 6.77. The maximum Gasteiger partial charge on any atom is 0.331 e. The van der Waals surface area contributed by atoms with Crippen molar-refractivity contribution < 1.29 is 9.53 Å². The van der Waals surface area contributed by atoms with Crippen molar-refractivity contribution in [2.45, 2.75) is 45.1 Å². The number of ether oxygens (including phenoxy) is 1. The smallest absolute Gasteiger partial charge is 0.331 e. The highest BCUT2D eigenvalue weighted by molar-refractivity contribution is 5.86. The van der Waals surface area contributed by atoms with Crippen LogP contribution in [0.2, 0.25) is 0 Å². The van der Waals surface area contributed by atoms with Gasteiger partial charge in [0.25, 0.3) is 0 Å². The van der Waals surface area contributed by atoms with Crippen molar-refractivity contribution in [1.82, 2.24) is 0 Å². The van der Waals surface area contributed by atoms with Gasteiger partial charge in [-0.1, -0.05) is 56.5 Å². The van der Waals surface area contributed by atoms with Crippen molar-refractivity contribution in [3.8, 4) is 0 Å². The summed E-state index contributed by atoms with van der Waals surface area (Å²) in [5.41, 5.74) is 2.20. The Morgan fingerprint density at radius 1 is 1.11 bits per heavy atom. The van der Waals surface area contributed by atoms with Crippen molar-refractivity contribution in [3.63, 3.8) is 0 Å². The Morgan fingerprint density at radius 3 is 2.61 bits per heavy atom. The van der Waals surface area contributed by atoms with Gasteiger partial charge in [0.2, 0.25) is 0 Å². The van der Waals surface area contributed by atoms with Crippen LogP contribution in [-0.2, 0) is 9.53 Å². The Labute approximate surface area is 109 Å². The molecule has 2 nitrogen and oxygen atoms in total. The molecular formula is C16H20O2. The molecule has 0 aliphatic carbocycles. The third-order valence-corrected chi connectivity index (χ3v) is 3.30. The lowest BCUT2D eigenvalue weighted by molar-refractivity contribution is -0.139. The number of esters is 1. The second-order valence-corrected chi connectivity index (χ2v) is 4.76. The molecule has 0 aromatic heterocycles. The van der Waals surface area contributed by atoms with Crippen LogP contribution in [0.1, 0.15) is 50.7 Å². The molecule has 96 valence electrons. The van der Waals surface area contributed by atoms with Crippen LogP contribution in [-0.4, -0.2) is 5.97 Å². The average Bonchev–Trinajstić information content (AvgIpc) is 2.77. The molecule has 1 heterocycles. The quantitative estimate of drug-likeness (QED) is 0.554. The van der Waals surface area contributed by atoms with Gasteiger partial charge in [0.05, 0.1) is 0 Å². The minimum atomic E-state index is -0.200. The molecule has 2 heteroatoms. The first-order valence-electron chi connectivity index (χ1n) is 6.77. The van der Waals surface area contributed by atoms with E-state index in [2.05, 4.69) is 6.92 Å². The van der Waals surface area contributed by atoms with Gasteiger partial charge in [-0.2, -0.15) is 0 Å². The molecule has 0 bridgehead atoms. The summed E-state index contributed by atoms with van der Waals surface area (Å²) in [7, 11) is 0. The molecule has 1 atom stereocenters. The monoisotopic (exact) mass is 244 g/mol. The normalized spacial score (nSPS) is 18.6. The first-order chi connectivity index (χ1) is 8.81. The fraction of sp³-hybridized carbons (Fsp3) is 0.438. The standard InChI is InChI=1S/C16H20O2/c1-2-3-4-6-11-14-12-15(17)18-16(14)13-9-7-5-8-10-13/h5,7-10,12,16H,2-4,6,11H2,1H3. The zero-order chi connectivity index (χ0) is 12.8. The van der Waals surface area contributed by atoms with E-state index in [0.717, 1.165) is 24.0 Å². The van der Waals surface area contributed by atoms with Crippen molar-refractivity contribution in [2.24, 2.45) is 0 Å². The summed E-state index contributed by atoms with van der Waals surface area (Å²) >= 11 is 0. The number of cyclic esters (lactones) is 1. The molecule has 0 radical (unpaired) electrons. The summed E-state index contributed by atoms with van der Waals surface area (Å²) in [6, 6.07) is 9.98. The molecule has 18 heavy (non-hydrogen) atoms. The third-order valence-electron chi connectivity index (χ3n) is 3.30. The van der Waals surface area contributed by atoms with Crippen LogP contribution in [0, 0.1) is 0 Å². The molecule has 1 aromatic carbocycles. The Bertz CT molecular complexity index is 420. The number of carbonyl (C=O) groups is 1. The maximum atomic E-state index is 11.4. The van der Waals surface area contributed by atoms with E-state index in [1.54, 1.807) is 6.08 Å². The fourth-order valence-corrected chi connectivity index (χ4v) is 2.32. The lowest BCUT2D eigenvalue weighted by Crippen LogP contribution is -2.03. The number of rotatable bonds is 6. The van der Waals surface area contributed by atoms with Crippen LogP contribution in [0.15, 0.2) is 42.0 Å². The summed E-state index contributed by atoms with van der Waals surface area (Å²) in [4.78, 5) is 11.4. The van der Waals surface area contributed by atoms with E-state index >= 15 is 0 Å². The van der Waals surface area contributed by atoms with E-state index in [0.29, 0.717) is 0 Å². The summed E-state index contributed by atoms with van der Waals surface area (Å²) in [5, 5.41) is 0. The third kappa shape index (κ3) is 3.22. The highest BCUT2D eigenvalue weighted by atomic mass is 16.5. The van der Waals surface area contributed by atoms with Gasteiger partial charge in [-0.15, -0.1) is 0 Å². The molecule has 0 amide bonds. The van der Waals surface area contributed by atoms with Crippen LogP contribution >= 0.6 is 0 Å². The van der Waals surface area contributed by atoms with Crippen LogP contribution in [0.4, 0.5) is 0 Å². The number of hydrogen-bond acceptors (Lipinski definition) is 2. The van der Waals surface area contributed by atoms with Crippen molar-refractivity contribution in [1.29, 1.82) is 0 Å². The topological polar surface area (TPSA) is 26.3 Å². The predicted molar refractivity (Wildman–Crippen MR) is 72.1 cm³/mol. The zero-order valence-corrected chi connectivity index (χ0v) is 10.9.